The Morgan fingerprint density at radius 2 is 2.56 bits per heavy atom. The minimum Gasteiger partial charge on any atom is -0.0881 e. The summed E-state index contributed by atoms with van der Waals surface area (Å²) >= 11 is 0. The highest BCUT2D eigenvalue weighted by Gasteiger charge is 2.35. The van der Waals surface area contributed by atoms with Crippen LogP contribution in [-0.4, -0.2) is 0 Å². The van der Waals surface area contributed by atoms with Gasteiger partial charge in [-0.3, -0.25) is 0 Å². The molecule has 0 aromatic heterocycles. The van der Waals surface area contributed by atoms with E-state index in [-0.39, 0.29) is 0 Å². The molecule has 2 aliphatic carbocycles. The molecule has 0 aromatic rings. The fraction of sp³-hybridized carbons (Fsp3) is 0.556. The second kappa shape index (κ2) is 1.73. The lowest BCUT2D eigenvalue weighted by Crippen LogP contribution is -2.23. The van der Waals surface area contributed by atoms with Crippen LogP contribution in [-0.2, 0) is 0 Å². The summed E-state index contributed by atoms with van der Waals surface area (Å²) in [6.07, 6.45) is 9.64. The molecule has 0 heterocycles. The zero-order valence-electron chi connectivity index (χ0n) is 5.80. The van der Waals surface area contributed by atoms with Crippen LogP contribution in [0.5, 0.6) is 0 Å². The van der Waals surface area contributed by atoms with E-state index in [0.717, 1.165) is 11.8 Å². The van der Waals surface area contributed by atoms with Crippen LogP contribution in [0.2, 0.25) is 0 Å². The van der Waals surface area contributed by atoms with Crippen molar-refractivity contribution in [2.45, 2.75) is 19.8 Å². The van der Waals surface area contributed by atoms with Crippen LogP contribution in [0.3, 0.4) is 0 Å². The summed E-state index contributed by atoms with van der Waals surface area (Å²) in [6.45, 7) is 2.16. The van der Waals surface area contributed by atoms with Crippen LogP contribution in [0.15, 0.2) is 23.8 Å². The first-order valence-electron chi connectivity index (χ1n) is 3.73. The fourth-order valence-electron chi connectivity index (χ4n) is 1.94. The topological polar surface area (TPSA) is 0 Å². The number of allylic oxidation sites excluding steroid dienone is 4. The van der Waals surface area contributed by atoms with E-state index in [9.17, 15) is 0 Å². The average Bonchev–Trinajstić information content (AvgIpc) is 2.14. The molecule has 1 fully saturated rings. The lowest BCUT2D eigenvalue weighted by molar-refractivity contribution is 0.365. The molecule has 0 nitrogen and oxygen atoms in total. The number of fused-ring (bicyclic) bond motifs is 1. The molecule has 1 saturated carbocycles. The Morgan fingerprint density at radius 1 is 1.67 bits per heavy atom. The third-order valence-electron chi connectivity index (χ3n) is 2.61. The monoisotopic (exact) mass is 120 g/mol. The molecule has 48 valence electrons. The molecule has 0 radical (unpaired) electrons. The first kappa shape index (κ1) is 5.28. The van der Waals surface area contributed by atoms with Crippen molar-refractivity contribution >= 4 is 0 Å². The van der Waals surface area contributed by atoms with Gasteiger partial charge in [-0.2, -0.15) is 0 Å². The van der Waals surface area contributed by atoms with E-state index in [1.165, 1.54) is 12.8 Å². The molecule has 2 rings (SSSR count). The summed E-state index contributed by atoms with van der Waals surface area (Å²) in [7, 11) is 0. The van der Waals surface area contributed by atoms with Gasteiger partial charge in [-0.25, -0.2) is 0 Å². The smallest absolute Gasteiger partial charge is 0.0103 e. The van der Waals surface area contributed by atoms with Gasteiger partial charge in [-0.05, 0) is 31.6 Å². The van der Waals surface area contributed by atoms with Gasteiger partial charge in [-0.15, -0.1) is 0 Å². The third-order valence-corrected chi connectivity index (χ3v) is 2.61. The van der Waals surface area contributed by atoms with Crippen molar-refractivity contribution in [1.82, 2.24) is 0 Å². The van der Waals surface area contributed by atoms with Gasteiger partial charge in [0.15, 0.2) is 0 Å². The van der Waals surface area contributed by atoms with E-state index < -0.39 is 0 Å². The van der Waals surface area contributed by atoms with Crippen molar-refractivity contribution < 1.29 is 0 Å². The van der Waals surface area contributed by atoms with Crippen molar-refractivity contribution in [1.29, 1.82) is 0 Å². The van der Waals surface area contributed by atoms with Gasteiger partial charge in [0, 0.05) is 0 Å². The molecular formula is C9H12. The van der Waals surface area contributed by atoms with E-state index in [1.807, 2.05) is 0 Å². The highest BCUT2D eigenvalue weighted by Crippen LogP contribution is 2.46. The Morgan fingerprint density at radius 3 is 3.22 bits per heavy atom. The minimum absolute atomic E-state index is 0.926. The molecule has 0 aromatic carbocycles. The zero-order chi connectivity index (χ0) is 6.27. The van der Waals surface area contributed by atoms with E-state index in [2.05, 4.69) is 25.2 Å². The van der Waals surface area contributed by atoms with Crippen molar-refractivity contribution in [2.24, 2.45) is 11.8 Å². The van der Waals surface area contributed by atoms with Gasteiger partial charge < -0.3 is 0 Å². The quantitative estimate of drug-likeness (QED) is 0.431. The van der Waals surface area contributed by atoms with Crippen LogP contribution in [0.25, 0.3) is 0 Å². The Balaban J connectivity index is 2.13. The van der Waals surface area contributed by atoms with Gasteiger partial charge in [-0.1, -0.05) is 23.8 Å². The first-order chi connectivity index (χ1) is 4.42. The number of hydrogen-bond acceptors (Lipinski definition) is 0. The van der Waals surface area contributed by atoms with E-state index >= 15 is 0 Å². The molecule has 2 aliphatic rings. The average molecular weight is 120 g/mol. The molecule has 0 bridgehead atoms. The lowest BCUT2D eigenvalue weighted by Gasteiger charge is -2.33. The van der Waals surface area contributed by atoms with Crippen LogP contribution < -0.4 is 0 Å². The Labute approximate surface area is 56.3 Å². The molecule has 2 atom stereocenters. The third kappa shape index (κ3) is 0.592. The van der Waals surface area contributed by atoms with E-state index in [4.69, 9.17) is 0 Å². The normalized spacial score (nSPS) is 43.0. The largest absolute Gasteiger partial charge is 0.0881 e. The van der Waals surface area contributed by atoms with Crippen molar-refractivity contribution in [3.63, 3.8) is 0 Å². The van der Waals surface area contributed by atoms with Crippen LogP contribution in [0.4, 0.5) is 0 Å². The summed E-state index contributed by atoms with van der Waals surface area (Å²) in [6, 6.07) is 0. The van der Waals surface area contributed by atoms with Crippen LogP contribution in [0.1, 0.15) is 19.8 Å². The number of hydrogen-bond donors (Lipinski definition) is 0. The standard InChI is InChI=1S/C9H12/c1-2-7-6-8-4-3-5-9(7)8/h2-4,8-9H,5-6H2,1H3/b7-2+/t8-,9+/m1/s1. The van der Waals surface area contributed by atoms with Crippen molar-refractivity contribution in [3.8, 4) is 0 Å². The fourth-order valence-corrected chi connectivity index (χ4v) is 1.94. The predicted octanol–water partition coefficient (Wildman–Crippen LogP) is 2.53. The maximum Gasteiger partial charge on any atom is -0.0103 e. The van der Waals surface area contributed by atoms with Gasteiger partial charge in [0.25, 0.3) is 0 Å². The number of rotatable bonds is 0. The molecule has 0 N–H and O–H groups in total. The van der Waals surface area contributed by atoms with Gasteiger partial charge in [0.2, 0.25) is 0 Å². The first-order valence-corrected chi connectivity index (χ1v) is 3.73. The summed E-state index contributed by atoms with van der Waals surface area (Å²) < 4.78 is 0. The second-order valence-corrected chi connectivity index (χ2v) is 3.00. The molecule has 0 spiro atoms. The predicted molar refractivity (Wildman–Crippen MR) is 39.1 cm³/mol. The molecule has 0 aliphatic heterocycles. The maximum atomic E-state index is 2.37. The summed E-state index contributed by atoms with van der Waals surface area (Å²) in [5.41, 5.74) is 1.69. The highest BCUT2D eigenvalue weighted by atomic mass is 14.4. The highest BCUT2D eigenvalue weighted by molar-refractivity contribution is 5.27. The molecule has 0 saturated heterocycles. The Kier molecular flexibility index (Phi) is 1.01. The van der Waals surface area contributed by atoms with E-state index in [0.29, 0.717) is 0 Å². The Bertz CT molecular complexity index is 174. The SMILES string of the molecule is C/C=C1\C[C@H]2C=CC[C@@H]12. The van der Waals surface area contributed by atoms with Crippen LogP contribution in [0, 0.1) is 11.8 Å². The second-order valence-electron chi connectivity index (χ2n) is 3.00. The van der Waals surface area contributed by atoms with E-state index in [1.54, 1.807) is 5.57 Å². The summed E-state index contributed by atoms with van der Waals surface area (Å²) in [5.74, 6) is 1.85. The summed E-state index contributed by atoms with van der Waals surface area (Å²) in [4.78, 5) is 0. The molecule has 0 heteroatoms. The van der Waals surface area contributed by atoms with Gasteiger partial charge in [0.05, 0.1) is 0 Å². The van der Waals surface area contributed by atoms with Crippen LogP contribution >= 0.6 is 0 Å². The van der Waals surface area contributed by atoms with Crippen molar-refractivity contribution in [2.75, 3.05) is 0 Å². The van der Waals surface area contributed by atoms with Gasteiger partial charge in [0.1, 0.15) is 0 Å². The Hall–Kier alpha value is -0.520. The van der Waals surface area contributed by atoms with Crippen molar-refractivity contribution in [3.05, 3.63) is 23.8 Å². The molecule has 0 unspecified atom stereocenters. The van der Waals surface area contributed by atoms with Gasteiger partial charge >= 0.3 is 0 Å². The lowest BCUT2D eigenvalue weighted by atomic mass is 9.71. The minimum atomic E-state index is 0.926. The molecular weight excluding hydrogens is 108 g/mol. The zero-order valence-corrected chi connectivity index (χ0v) is 5.80. The molecule has 9 heavy (non-hydrogen) atoms. The summed E-state index contributed by atoms with van der Waals surface area (Å²) in [5, 5.41) is 0. The maximum absolute atomic E-state index is 2.37. The molecule has 0 amide bonds.